The highest BCUT2D eigenvalue weighted by Crippen LogP contribution is 2.37. The van der Waals surface area contributed by atoms with Gasteiger partial charge in [-0.2, -0.15) is 4.98 Å². The summed E-state index contributed by atoms with van der Waals surface area (Å²) in [7, 11) is 0. The summed E-state index contributed by atoms with van der Waals surface area (Å²) in [5.74, 6) is 2.23. The van der Waals surface area contributed by atoms with Crippen molar-refractivity contribution in [3.8, 4) is 0 Å². The van der Waals surface area contributed by atoms with Crippen LogP contribution in [-0.4, -0.2) is 34.7 Å². The zero-order chi connectivity index (χ0) is 8.67. The molecule has 1 atom stereocenters. The number of hydrogen-bond donors (Lipinski definition) is 0. The summed E-state index contributed by atoms with van der Waals surface area (Å²) in [5.41, 5.74) is 0. The van der Waals surface area contributed by atoms with Crippen LogP contribution in [0.25, 0.3) is 0 Å². The lowest BCUT2D eigenvalue weighted by atomic mass is 9.79. The van der Waals surface area contributed by atoms with E-state index < -0.39 is 0 Å². The second kappa shape index (κ2) is 5.14. The van der Waals surface area contributed by atoms with E-state index in [1.54, 1.807) is 0 Å². The normalized spacial score (nSPS) is 32.9. The molecule has 15 heavy (non-hydrogen) atoms. The Bertz CT molecular complexity index is 286. The van der Waals surface area contributed by atoms with Crippen LogP contribution in [-0.2, 0) is 0 Å². The molecule has 3 fully saturated rings. The third-order valence-corrected chi connectivity index (χ3v) is 3.37. The van der Waals surface area contributed by atoms with Crippen LogP contribution in [0.4, 0.5) is 0 Å². The summed E-state index contributed by atoms with van der Waals surface area (Å²) in [6, 6.07) is 0. The maximum atomic E-state index is 4.80. The Kier molecular flexibility index (Phi) is 4.37. The first-order valence-electron chi connectivity index (χ1n) is 4.92. The number of fused-ring (bicyclic) bond motifs is 3. The molecule has 3 saturated heterocycles. The fourth-order valence-corrected chi connectivity index (χ4v) is 2.60. The van der Waals surface area contributed by atoms with Gasteiger partial charge in [0.25, 0.3) is 0 Å². The third-order valence-electron chi connectivity index (χ3n) is 3.37. The van der Waals surface area contributed by atoms with Gasteiger partial charge in [0, 0.05) is 12.5 Å². The number of nitrogens with zero attached hydrogens (tertiary/aromatic N) is 3. The summed E-state index contributed by atoms with van der Waals surface area (Å²) >= 11 is 0. The largest absolute Gasteiger partial charge is 0.343 e. The summed E-state index contributed by atoms with van der Waals surface area (Å²) in [6.07, 6.45) is 4.05. The molecular weight excluding hydrogens is 237 g/mol. The van der Waals surface area contributed by atoms with Crippen LogP contribution in [0.5, 0.6) is 0 Å². The maximum absolute atomic E-state index is 4.80. The molecule has 4 rings (SSSR count). The molecule has 0 N–H and O–H groups in total. The van der Waals surface area contributed by atoms with Crippen LogP contribution in [0.15, 0.2) is 10.9 Å². The van der Waals surface area contributed by atoms with E-state index in [1.807, 2.05) is 0 Å². The minimum absolute atomic E-state index is 0. The minimum Gasteiger partial charge on any atom is -0.343 e. The van der Waals surface area contributed by atoms with E-state index in [4.69, 9.17) is 4.52 Å². The van der Waals surface area contributed by atoms with Crippen LogP contribution in [0.3, 0.4) is 0 Å². The lowest BCUT2D eigenvalue weighted by Crippen LogP contribution is -2.46. The van der Waals surface area contributed by atoms with E-state index >= 15 is 0 Å². The van der Waals surface area contributed by atoms with E-state index in [2.05, 4.69) is 15.0 Å². The van der Waals surface area contributed by atoms with Crippen molar-refractivity contribution in [2.45, 2.75) is 18.8 Å². The Hall–Kier alpha value is -0.320. The van der Waals surface area contributed by atoms with Gasteiger partial charge in [0.1, 0.15) is 0 Å². The summed E-state index contributed by atoms with van der Waals surface area (Å²) in [6.45, 7) is 3.65. The van der Waals surface area contributed by atoms with Crippen molar-refractivity contribution in [2.75, 3.05) is 19.6 Å². The first-order chi connectivity index (χ1) is 6.43. The molecule has 0 aromatic carbocycles. The van der Waals surface area contributed by atoms with Crippen LogP contribution in [0.2, 0.25) is 0 Å². The molecule has 1 unspecified atom stereocenters. The molecule has 3 aliphatic rings. The van der Waals surface area contributed by atoms with Gasteiger partial charge < -0.3 is 9.42 Å². The topological polar surface area (TPSA) is 42.2 Å². The van der Waals surface area contributed by atoms with Crippen molar-refractivity contribution in [3.63, 3.8) is 0 Å². The average molecular weight is 252 g/mol. The number of rotatable bonds is 1. The molecule has 0 saturated carbocycles. The van der Waals surface area contributed by atoms with Crippen LogP contribution >= 0.6 is 24.8 Å². The highest BCUT2D eigenvalue weighted by Gasteiger charge is 2.36. The molecule has 6 heteroatoms. The molecule has 3 aliphatic heterocycles. The van der Waals surface area contributed by atoms with Crippen molar-refractivity contribution in [3.05, 3.63) is 12.2 Å². The molecule has 4 heterocycles. The summed E-state index contributed by atoms with van der Waals surface area (Å²) in [4.78, 5) is 6.66. The Balaban J connectivity index is 0.000000562. The van der Waals surface area contributed by atoms with E-state index in [0.717, 1.165) is 18.3 Å². The van der Waals surface area contributed by atoms with E-state index in [9.17, 15) is 0 Å². The van der Waals surface area contributed by atoms with Crippen molar-refractivity contribution >= 4 is 24.8 Å². The smallest absolute Gasteiger partial charge is 0.213 e. The monoisotopic (exact) mass is 251 g/mol. The van der Waals surface area contributed by atoms with Crippen LogP contribution < -0.4 is 0 Å². The number of hydrogen-bond acceptors (Lipinski definition) is 4. The second-order valence-electron chi connectivity index (χ2n) is 4.03. The highest BCUT2D eigenvalue weighted by molar-refractivity contribution is 5.85. The zero-order valence-corrected chi connectivity index (χ0v) is 9.97. The molecule has 0 aliphatic carbocycles. The molecule has 1 aromatic rings. The summed E-state index contributed by atoms with van der Waals surface area (Å²) < 4.78 is 4.80. The van der Waals surface area contributed by atoms with Gasteiger partial charge in [-0.1, -0.05) is 5.16 Å². The molecule has 2 bridgehead atoms. The predicted octanol–water partition coefficient (Wildman–Crippen LogP) is 1.72. The van der Waals surface area contributed by atoms with E-state index in [0.29, 0.717) is 5.92 Å². The SMILES string of the molecule is Cl.Cl.c1nc(C2CN3CCC2CC3)no1. The van der Waals surface area contributed by atoms with E-state index in [-0.39, 0.29) is 24.8 Å². The molecule has 86 valence electrons. The summed E-state index contributed by atoms with van der Waals surface area (Å²) in [5, 5.41) is 3.95. The van der Waals surface area contributed by atoms with Gasteiger partial charge in [0.05, 0.1) is 0 Å². The van der Waals surface area contributed by atoms with Crippen molar-refractivity contribution in [1.29, 1.82) is 0 Å². The van der Waals surface area contributed by atoms with Gasteiger partial charge >= 0.3 is 0 Å². The maximum Gasteiger partial charge on any atom is 0.213 e. The van der Waals surface area contributed by atoms with Gasteiger partial charge in [0.2, 0.25) is 6.39 Å². The van der Waals surface area contributed by atoms with Crippen molar-refractivity contribution in [1.82, 2.24) is 15.0 Å². The predicted molar refractivity (Wildman–Crippen MR) is 60.7 cm³/mol. The minimum atomic E-state index is 0. The standard InChI is InChI=1S/C9H13N3O.2ClH/c1-3-12-4-2-7(1)8(5-12)9-10-6-13-11-9;;/h6-8H,1-5H2;2*1H. The quantitative estimate of drug-likeness (QED) is 0.763. The number of aromatic nitrogens is 2. The lowest BCUT2D eigenvalue weighted by Gasteiger charge is -2.43. The molecular formula is C9H15Cl2N3O. The molecule has 1 aromatic heterocycles. The molecule has 4 nitrogen and oxygen atoms in total. The number of piperidine rings is 3. The van der Waals surface area contributed by atoms with Crippen LogP contribution in [0, 0.1) is 5.92 Å². The Morgan fingerprint density at radius 1 is 1.27 bits per heavy atom. The first-order valence-corrected chi connectivity index (χ1v) is 4.92. The van der Waals surface area contributed by atoms with Crippen molar-refractivity contribution < 1.29 is 4.52 Å². The fraction of sp³-hybridized carbons (Fsp3) is 0.778. The van der Waals surface area contributed by atoms with Gasteiger partial charge in [-0.05, 0) is 31.8 Å². The van der Waals surface area contributed by atoms with Gasteiger partial charge in [-0.3, -0.25) is 0 Å². The molecule has 0 radical (unpaired) electrons. The Morgan fingerprint density at radius 3 is 2.47 bits per heavy atom. The highest BCUT2D eigenvalue weighted by atomic mass is 35.5. The first kappa shape index (κ1) is 12.7. The Morgan fingerprint density at radius 2 is 2.00 bits per heavy atom. The second-order valence-corrected chi connectivity index (χ2v) is 4.03. The van der Waals surface area contributed by atoms with Gasteiger partial charge in [-0.15, -0.1) is 24.8 Å². The Labute approximate surface area is 101 Å². The van der Waals surface area contributed by atoms with Crippen molar-refractivity contribution in [2.24, 2.45) is 5.92 Å². The van der Waals surface area contributed by atoms with E-state index in [1.165, 1.54) is 32.3 Å². The molecule has 0 amide bonds. The van der Waals surface area contributed by atoms with Crippen LogP contribution in [0.1, 0.15) is 24.6 Å². The third kappa shape index (κ3) is 2.27. The van der Waals surface area contributed by atoms with Gasteiger partial charge in [0.15, 0.2) is 5.82 Å². The zero-order valence-electron chi connectivity index (χ0n) is 8.33. The molecule has 0 spiro atoms. The average Bonchev–Trinajstić information content (AvgIpc) is 2.72. The lowest BCUT2D eigenvalue weighted by molar-refractivity contribution is 0.0825. The fourth-order valence-electron chi connectivity index (χ4n) is 2.60. The van der Waals surface area contributed by atoms with Gasteiger partial charge in [-0.25, -0.2) is 0 Å². The number of halogens is 2.